The molecule has 8 nitrogen and oxygen atoms in total. The molecule has 0 unspecified atom stereocenters. The molecule has 0 spiro atoms. The summed E-state index contributed by atoms with van der Waals surface area (Å²) in [4.78, 5) is 38.2. The minimum Gasteiger partial charge on any atom is -0.493 e. The second kappa shape index (κ2) is 8.28. The molecule has 0 aliphatic carbocycles. The first-order valence-corrected chi connectivity index (χ1v) is 8.34. The molecule has 1 amide bonds. The Bertz CT molecular complexity index is 956. The molecule has 26 heavy (non-hydrogen) atoms. The van der Waals surface area contributed by atoms with E-state index in [0.717, 1.165) is 23.0 Å². The number of aromatic amines is 1. The average molecular weight is 358 g/mol. The van der Waals surface area contributed by atoms with E-state index in [1.807, 2.05) is 6.92 Å². The monoisotopic (exact) mass is 358 g/mol. The molecule has 0 radical (unpaired) electrons. The third-order valence-corrected chi connectivity index (χ3v) is 3.91. The summed E-state index contributed by atoms with van der Waals surface area (Å²) in [5, 5.41) is 14.4. The van der Waals surface area contributed by atoms with Crippen LogP contribution in [0.2, 0.25) is 0 Å². The van der Waals surface area contributed by atoms with E-state index in [-0.39, 0.29) is 17.2 Å². The van der Waals surface area contributed by atoms with Crippen molar-refractivity contribution in [2.45, 2.75) is 40.0 Å². The zero-order chi connectivity index (χ0) is 19.3. The van der Waals surface area contributed by atoms with Gasteiger partial charge in [0, 0.05) is 6.42 Å². The first kappa shape index (κ1) is 19.2. The van der Waals surface area contributed by atoms with Gasteiger partial charge in [-0.25, -0.2) is 14.8 Å². The van der Waals surface area contributed by atoms with Gasteiger partial charge in [-0.05, 0) is 31.9 Å². The highest BCUT2D eigenvalue weighted by Gasteiger charge is 2.19. The maximum Gasteiger partial charge on any atom is 0.335 e. The molecule has 0 fully saturated rings. The van der Waals surface area contributed by atoms with Crippen molar-refractivity contribution in [2.24, 2.45) is 5.10 Å². The second-order valence-electron chi connectivity index (χ2n) is 5.92. The molecule has 3 N–H and O–H groups in total. The number of carbonyl (C=O) groups excluding carboxylic acids is 1. The molecule has 1 aromatic carbocycles. The number of nitrogens with one attached hydrogen (secondary N) is 2. The minimum atomic E-state index is -0.776. The van der Waals surface area contributed by atoms with Crippen LogP contribution in [0.4, 0.5) is 0 Å². The molecule has 2 aromatic rings. The number of amides is 1. The Labute approximate surface area is 150 Å². The van der Waals surface area contributed by atoms with Crippen LogP contribution in [0.1, 0.15) is 44.2 Å². The number of aryl methyl sites for hydroxylation is 1. The van der Waals surface area contributed by atoms with Crippen molar-refractivity contribution in [3.8, 4) is 11.6 Å². The molecule has 2 rings (SSSR count). The van der Waals surface area contributed by atoms with Crippen molar-refractivity contribution in [2.75, 3.05) is 0 Å². The second-order valence-corrected chi connectivity index (χ2v) is 5.92. The minimum absolute atomic E-state index is 0.0935. The van der Waals surface area contributed by atoms with Gasteiger partial charge in [0.2, 0.25) is 11.8 Å². The third kappa shape index (κ3) is 4.08. The van der Waals surface area contributed by atoms with Gasteiger partial charge < -0.3 is 5.11 Å². The average Bonchev–Trinajstić information content (AvgIpc) is 2.59. The molecule has 0 bridgehead atoms. The summed E-state index contributed by atoms with van der Waals surface area (Å²) in [6.07, 6.45) is 1.92. The zero-order valence-corrected chi connectivity index (χ0v) is 15.0. The number of carbonyl (C=O) groups is 1. The highest BCUT2D eigenvalue weighted by molar-refractivity contribution is 6.00. The predicted molar refractivity (Wildman–Crippen MR) is 98.9 cm³/mol. The third-order valence-electron chi connectivity index (χ3n) is 3.91. The van der Waals surface area contributed by atoms with Gasteiger partial charge in [0.05, 0.1) is 11.4 Å². The summed E-state index contributed by atoms with van der Waals surface area (Å²) >= 11 is 0. The molecule has 0 atom stereocenters. The number of unbranched alkanes of at least 4 members (excludes halogenated alkanes) is 1. The van der Waals surface area contributed by atoms with Crippen LogP contribution in [-0.4, -0.2) is 26.3 Å². The number of nitrogens with zero attached hydrogens (tertiary/aromatic N) is 2. The van der Waals surface area contributed by atoms with Crippen LogP contribution in [0.25, 0.3) is 5.69 Å². The van der Waals surface area contributed by atoms with Gasteiger partial charge in [-0.1, -0.05) is 31.5 Å². The lowest BCUT2D eigenvalue weighted by molar-refractivity contribution is -0.121. The van der Waals surface area contributed by atoms with Gasteiger partial charge in [-0.3, -0.25) is 14.6 Å². The topological polar surface area (TPSA) is 117 Å². The Hall–Kier alpha value is -3.16. The fourth-order valence-corrected chi connectivity index (χ4v) is 2.48. The standard InChI is InChI=1S/C18H22N4O4/c1-4-5-10-14(23)21-20-12(3)15-16(24)19-18(26)22(17(15)25)13-9-7-6-8-11(13)2/h6-9,25H,4-5,10H2,1-3H3,(H,21,23)(H,19,24,26). The lowest BCUT2D eigenvalue weighted by Gasteiger charge is -2.13. The van der Waals surface area contributed by atoms with Crippen LogP contribution in [0.5, 0.6) is 5.88 Å². The van der Waals surface area contributed by atoms with Crippen LogP contribution in [0.3, 0.4) is 0 Å². The Morgan fingerprint density at radius 3 is 2.65 bits per heavy atom. The Morgan fingerprint density at radius 2 is 2.00 bits per heavy atom. The van der Waals surface area contributed by atoms with Crippen LogP contribution in [0.15, 0.2) is 39.0 Å². The van der Waals surface area contributed by atoms with Gasteiger partial charge in [-0.15, -0.1) is 0 Å². The lowest BCUT2D eigenvalue weighted by Crippen LogP contribution is -2.33. The number of H-pyrrole nitrogens is 1. The van der Waals surface area contributed by atoms with E-state index in [1.165, 1.54) is 6.92 Å². The number of benzene rings is 1. The van der Waals surface area contributed by atoms with E-state index >= 15 is 0 Å². The molecule has 8 heteroatoms. The van der Waals surface area contributed by atoms with Gasteiger partial charge in [-0.2, -0.15) is 5.10 Å². The molecule has 0 aliphatic rings. The SMILES string of the molecule is CCCCC(=O)NN=C(C)c1c(O)n(-c2ccccc2C)c(=O)[nH]c1=O. The Kier molecular flexibility index (Phi) is 6.11. The first-order chi connectivity index (χ1) is 12.4. The van der Waals surface area contributed by atoms with E-state index in [0.29, 0.717) is 12.1 Å². The zero-order valence-electron chi connectivity index (χ0n) is 15.0. The predicted octanol–water partition coefficient (Wildman–Crippen LogP) is 1.57. The Morgan fingerprint density at radius 1 is 1.31 bits per heavy atom. The molecule has 0 saturated carbocycles. The van der Waals surface area contributed by atoms with E-state index < -0.39 is 17.1 Å². The van der Waals surface area contributed by atoms with E-state index in [9.17, 15) is 19.5 Å². The van der Waals surface area contributed by atoms with Crippen LogP contribution >= 0.6 is 0 Å². The van der Waals surface area contributed by atoms with Crippen molar-refractivity contribution < 1.29 is 9.90 Å². The highest BCUT2D eigenvalue weighted by atomic mass is 16.3. The van der Waals surface area contributed by atoms with E-state index in [1.54, 1.807) is 31.2 Å². The molecular weight excluding hydrogens is 336 g/mol. The maximum absolute atomic E-state index is 12.2. The van der Waals surface area contributed by atoms with Gasteiger partial charge in [0.15, 0.2) is 0 Å². The number of hydrogen-bond donors (Lipinski definition) is 3. The summed E-state index contributed by atoms with van der Waals surface area (Å²) in [5.74, 6) is -0.813. The van der Waals surface area contributed by atoms with Crippen molar-refractivity contribution >= 4 is 11.6 Å². The summed E-state index contributed by atoms with van der Waals surface area (Å²) in [5.41, 5.74) is 1.91. The quantitative estimate of drug-likeness (QED) is 0.537. The van der Waals surface area contributed by atoms with Crippen LogP contribution in [-0.2, 0) is 4.79 Å². The molecular formula is C18H22N4O4. The number of hydrogen-bond acceptors (Lipinski definition) is 5. The number of hydrazone groups is 1. The van der Waals surface area contributed by atoms with Crippen molar-refractivity contribution in [3.05, 3.63) is 56.2 Å². The molecule has 1 aromatic heterocycles. The summed E-state index contributed by atoms with van der Waals surface area (Å²) in [6, 6.07) is 6.94. The number of rotatable bonds is 6. The van der Waals surface area contributed by atoms with Crippen molar-refractivity contribution in [1.82, 2.24) is 15.0 Å². The maximum atomic E-state index is 12.2. The molecule has 1 heterocycles. The van der Waals surface area contributed by atoms with E-state index in [2.05, 4.69) is 15.5 Å². The molecule has 138 valence electrons. The fraction of sp³-hybridized carbons (Fsp3) is 0.333. The highest BCUT2D eigenvalue weighted by Crippen LogP contribution is 2.19. The first-order valence-electron chi connectivity index (χ1n) is 8.34. The van der Waals surface area contributed by atoms with Gasteiger partial charge >= 0.3 is 5.69 Å². The summed E-state index contributed by atoms with van der Waals surface area (Å²) in [6.45, 7) is 5.21. The van der Waals surface area contributed by atoms with Crippen molar-refractivity contribution in [1.29, 1.82) is 0 Å². The number of aromatic nitrogens is 2. The molecule has 0 aliphatic heterocycles. The number of aromatic hydroxyl groups is 1. The lowest BCUT2D eigenvalue weighted by atomic mass is 10.1. The van der Waals surface area contributed by atoms with E-state index in [4.69, 9.17) is 0 Å². The molecule has 0 saturated heterocycles. The van der Waals surface area contributed by atoms with Crippen LogP contribution < -0.4 is 16.7 Å². The largest absolute Gasteiger partial charge is 0.493 e. The smallest absolute Gasteiger partial charge is 0.335 e. The summed E-state index contributed by atoms with van der Waals surface area (Å²) in [7, 11) is 0. The fourth-order valence-electron chi connectivity index (χ4n) is 2.48. The van der Waals surface area contributed by atoms with Gasteiger partial charge in [0.1, 0.15) is 5.56 Å². The van der Waals surface area contributed by atoms with Crippen LogP contribution in [0, 0.1) is 6.92 Å². The number of para-hydroxylation sites is 1. The van der Waals surface area contributed by atoms with Gasteiger partial charge in [0.25, 0.3) is 5.56 Å². The Balaban J connectivity index is 2.49. The summed E-state index contributed by atoms with van der Waals surface area (Å²) < 4.78 is 1.00. The normalized spacial score (nSPS) is 11.4. The van der Waals surface area contributed by atoms with Crippen molar-refractivity contribution in [3.63, 3.8) is 0 Å².